The van der Waals surface area contributed by atoms with Crippen LogP contribution in [-0.2, 0) is 11.3 Å². The van der Waals surface area contributed by atoms with Crippen molar-refractivity contribution in [1.29, 1.82) is 0 Å². The molecule has 6 nitrogen and oxygen atoms in total. The molecule has 1 atom stereocenters. The maximum atomic E-state index is 13.0. The average molecular weight is 394 g/mol. The minimum Gasteiger partial charge on any atom is -0.484 e. The second-order valence-electron chi connectivity index (χ2n) is 7.31. The third kappa shape index (κ3) is 4.45. The average Bonchev–Trinajstić information content (AvgIpc) is 3.36. The van der Waals surface area contributed by atoms with E-state index >= 15 is 0 Å². The lowest BCUT2D eigenvalue weighted by molar-refractivity contribution is -0.132. The van der Waals surface area contributed by atoms with E-state index in [9.17, 15) is 9.18 Å². The van der Waals surface area contributed by atoms with Gasteiger partial charge in [0.15, 0.2) is 6.61 Å². The van der Waals surface area contributed by atoms with Crippen molar-refractivity contribution in [1.82, 2.24) is 19.4 Å². The maximum absolute atomic E-state index is 13.0. The summed E-state index contributed by atoms with van der Waals surface area (Å²) < 4.78 is 20.7. The van der Waals surface area contributed by atoms with E-state index in [0.717, 1.165) is 30.0 Å². The predicted molar refractivity (Wildman–Crippen MR) is 107 cm³/mol. The number of amides is 1. The van der Waals surface area contributed by atoms with Crippen molar-refractivity contribution in [3.8, 4) is 17.1 Å². The lowest BCUT2D eigenvalue weighted by Crippen LogP contribution is -2.33. The molecule has 0 radical (unpaired) electrons. The number of hydrogen-bond acceptors (Lipinski definition) is 4. The molecule has 3 heterocycles. The number of aryl methyl sites for hydroxylation is 1. The van der Waals surface area contributed by atoms with Crippen LogP contribution in [0.5, 0.6) is 5.75 Å². The van der Waals surface area contributed by atoms with Gasteiger partial charge in [-0.25, -0.2) is 9.37 Å². The first kappa shape index (κ1) is 19.1. The van der Waals surface area contributed by atoms with Crippen LogP contribution in [0, 0.1) is 18.7 Å². The van der Waals surface area contributed by atoms with Gasteiger partial charge in [-0.3, -0.25) is 9.78 Å². The summed E-state index contributed by atoms with van der Waals surface area (Å²) in [5, 5.41) is 0. The summed E-state index contributed by atoms with van der Waals surface area (Å²) in [6.45, 7) is 4.23. The van der Waals surface area contributed by atoms with Crippen LogP contribution in [0.2, 0.25) is 0 Å². The number of likely N-dealkylation sites (tertiary alicyclic amines) is 1. The second-order valence-corrected chi connectivity index (χ2v) is 7.31. The fourth-order valence-electron chi connectivity index (χ4n) is 3.66. The number of carbonyl (C=O) groups excluding carboxylic acids is 1. The third-order valence-corrected chi connectivity index (χ3v) is 5.25. The van der Waals surface area contributed by atoms with Crippen LogP contribution in [0.1, 0.15) is 12.1 Å². The summed E-state index contributed by atoms with van der Waals surface area (Å²) in [6.07, 6.45) is 6.35. The Morgan fingerprint density at radius 2 is 1.97 bits per heavy atom. The molecular formula is C22H23FN4O2. The summed E-state index contributed by atoms with van der Waals surface area (Å²) in [5.41, 5.74) is 2.13. The molecule has 0 N–H and O–H groups in total. The van der Waals surface area contributed by atoms with Gasteiger partial charge in [0.25, 0.3) is 5.91 Å². The van der Waals surface area contributed by atoms with Crippen molar-refractivity contribution >= 4 is 5.91 Å². The lowest BCUT2D eigenvalue weighted by atomic mass is 10.1. The molecule has 7 heteroatoms. The first-order valence-corrected chi connectivity index (χ1v) is 9.69. The van der Waals surface area contributed by atoms with Gasteiger partial charge in [-0.05, 0) is 55.7 Å². The van der Waals surface area contributed by atoms with Crippen LogP contribution in [0.3, 0.4) is 0 Å². The van der Waals surface area contributed by atoms with Crippen LogP contribution in [0.15, 0.2) is 55.0 Å². The van der Waals surface area contributed by atoms with Gasteiger partial charge in [0.1, 0.15) is 17.4 Å². The number of aromatic nitrogens is 3. The highest BCUT2D eigenvalue weighted by atomic mass is 19.1. The van der Waals surface area contributed by atoms with Gasteiger partial charge in [-0.2, -0.15) is 0 Å². The zero-order chi connectivity index (χ0) is 20.2. The van der Waals surface area contributed by atoms with E-state index < -0.39 is 0 Å². The van der Waals surface area contributed by atoms with Crippen LogP contribution >= 0.6 is 0 Å². The molecule has 4 rings (SSSR count). The van der Waals surface area contributed by atoms with E-state index in [1.807, 2.05) is 30.2 Å². The second kappa shape index (κ2) is 8.43. The molecule has 0 aliphatic carbocycles. The summed E-state index contributed by atoms with van der Waals surface area (Å²) in [6, 6.07) is 9.60. The Hall–Kier alpha value is -3.22. The standard InChI is InChI=1S/C22H23FN4O2/c1-16-12-25-22(18-6-9-24-10-7-18)27(16)14-17-8-11-26(13-17)21(28)15-29-20-4-2-19(23)3-5-20/h2-7,9-10,12,17H,8,11,13-15H2,1H3. The van der Waals surface area contributed by atoms with Crippen LogP contribution in [0.25, 0.3) is 11.4 Å². The predicted octanol–water partition coefficient (Wildman–Crippen LogP) is 3.32. The van der Waals surface area contributed by atoms with E-state index in [2.05, 4.69) is 14.5 Å². The van der Waals surface area contributed by atoms with Crippen LogP contribution in [0.4, 0.5) is 4.39 Å². The number of hydrogen-bond donors (Lipinski definition) is 0. The van der Waals surface area contributed by atoms with Gasteiger partial charge in [0.05, 0.1) is 0 Å². The molecule has 3 aromatic rings. The zero-order valence-corrected chi connectivity index (χ0v) is 16.3. The van der Waals surface area contributed by atoms with Crippen molar-refractivity contribution in [2.24, 2.45) is 5.92 Å². The van der Waals surface area contributed by atoms with E-state index in [-0.39, 0.29) is 18.3 Å². The number of carbonyl (C=O) groups is 1. The molecule has 2 aromatic heterocycles. The van der Waals surface area contributed by atoms with Gasteiger partial charge in [0.2, 0.25) is 0 Å². The largest absolute Gasteiger partial charge is 0.484 e. The molecule has 1 unspecified atom stereocenters. The topological polar surface area (TPSA) is 60.2 Å². The zero-order valence-electron chi connectivity index (χ0n) is 16.3. The smallest absolute Gasteiger partial charge is 0.260 e. The SMILES string of the molecule is Cc1cnc(-c2ccncc2)n1CC1CCN(C(=O)COc2ccc(F)cc2)C1. The van der Waals surface area contributed by atoms with E-state index in [1.165, 1.54) is 24.3 Å². The molecule has 1 amide bonds. The van der Waals surface area contributed by atoms with Gasteiger partial charge >= 0.3 is 0 Å². The summed E-state index contributed by atoms with van der Waals surface area (Å²) in [7, 11) is 0. The van der Waals surface area contributed by atoms with Crippen molar-refractivity contribution in [3.63, 3.8) is 0 Å². The van der Waals surface area contributed by atoms with Crippen LogP contribution < -0.4 is 4.74 Å². The van der Waals surface area contributed by atoms with Gasteiger partial charge in [-0.15, -0.1) is 0 Å². The molecule has 29 heavy (non-hydrogen) atoms. The lowest BCUT2D eigenvalue weighted by Gasteiger charge is -2.18. The summed E-state index contributed by atoms with van der Waals surface area (Å²) >= 11 is 0. The Balaban J connectivity index is 1.35. The molecule has 1 fully saturated rings. The number of pyridine rings is 1. The molecule has 0 spiro atoms. The third-order valence-electron chi connectivity index (χ3n) is 5.25. The fourth-order valence-corrected chi connectivity index (χ4v) is 3.66. The number of nitrogens with zero attached hydrogens (tertiary/aromatic N) is 4. The highest BCUT2D eigenvalue weighted by Crippen LogP contribution is 2.24. The number of benzene rings is 1. The minimum absolute atomic E-state index is 0.0370. The highest BCUT2D eigenvalue weighted by molar-refractivity contribution is 5.78. The first-order chi connectivity index (χ1) is 14.1. The quantitative estimate of drug-likeness (QED) is 0.644. The van der Waals surface area contributed by atoms with Crippen molar-refractivity contribution in [3.05, 3.63) is 66.5 Å². The maximum Gasteiger partial charge on any atom is 0.260 e. The van der Waals surface area contributed by atoms with Crippen molar-refractivity contribution in [2.45, 2.75) is 19.9 Å². The van der Waals surface area contributed by atoms with Crippen LogP contribution in [-0.4, -0.2) is 45.0 Å². The van der Waals surface area contributed by atoms with E-state index in [4.69, 9.17) is 4.74 Å². The molecule has 1 aliphatic heterocycles. The van der Waals surface area contributed by atoms with Gasteiger partial charge < -0.3 is 14.2 Å². The first-order valence-electron chi connectivity index (χ1n) is 9.69. The number of imidazole rings is 1. The van der Waals surface area contributed by atoms with Crippen molar-refractivity contribution < 1.29 is 13.9 Å². The monoisotopic (exact) mass is 394 g/mol. The Labute approximate surface area is 169 Å². The molecule has 150 valence electrons. The molecule has 1 aliphatic rings. The number of rotatable bonds is 6. The van der Waals surface area contributed by atoms with Gasteiger partial charge in [0, 0.05) is 49.5 Å². The summed E-state index contributed by atoms with van der Waals surface area (Å²) in [5.74, 6) is 1.40. The normalized spacial score (nSPS) is 16.2. The van der Waals surface area contributed by atoms with E-state index in [0.29, 0.717) is 24.8 Å². The fraction of sp³-hybridized carbons (Fsp3) is 0.318. The Morgan fingerprint density at radius 1 is 1.21 bits per heavy atom. The molecular weight excluding hydrogens is 371 g/mol. The minimum atomic E-state index is -0.327. The Kier molecular flexibility index (Phi) is 5.55. The Morgan fingerprint density at radius 3 is 2.72 bits per heavy atom. The Bertz CT molecular complexity index is 972. The van der Waals surface area contributed by atoms with Crippen molar-refractivity contribution in [2.75, 3.05) is 19.7 Å². The summed E-state index contributed by atoms with van der Waals surface area (Å²) in [4.78, 5) is 23.0. The number of halogens is 1. The highest BCUT2D eigenvalue weighted by Gasteiger charge is 2.27. The van der Waals surface area contributed by atoms with Gasteiger partial charge in [-0.1, -0.05) is 0 Å². The van der Waals surface area contributed by atoms with E-state index in [1.54, 1.807) is 12.4 Å². The molecule has 0 bridgehead atoms. The number of ether oxygens (including phenoxy) is 1. The molecule has 0 saturated carbocycles. The molecule has 1 saturated heterocycles. The molecule has 1 aromatic carbocycles.